The van der Waals surface area contributed by atoms with Crippen LogP contribution in [-0.2, 0) is 6.54 Å². The van der Waals surface area contributed by atoms with Crippen molar-refractivity contribution in [2.24, 2.45) is 0 Å². The van der Waals surface area contributed by atoms with Gasteiger partial charge >= 0.3 is 0 Å². The van der Waals surface area contributed by atoms with E-state index in [9.17, 15) is 9.59 Å². The molecule has 1 fully saturated rings. The number of methoxy groups -OCH3 is 1. The molecule has 3 aromatic rings. The summed E-state index contributed by atoms with van der Waals surface area (Å²) in [5, 5.41) is 3.45. The van der Waals surface area contributed by atoms with Crippen molar-refractivity contribution in [2.75, 3.05) is 27.0 Å². The number of halogens is 1. The molecule has 1 saturated heterocycles. The lowest BCUT2D eigenvalue weighted by atomic mass is 10.0. The number of nitrogens with one attached hydrogen (secondary N) is 1. The maximum absolute atomic E-state index is 12.8. The SMILES string of the molecule is COc1ccc2c(=O)cc(C(=O)NC3CCN(Cc4ccc5c(c4)OCO5)CC3)oc2c1Cl. The van der Waals surface area contributed by atoms with Crippen molar-refractivity contribution in [3.05, 3.63) is 63.0 Å². The maximum Gasteiger partial charge on any atom is 0.287 e. The van der Waals surface area contributed by atoms with E-state index in [1.165, 1.54) is 13.2 Å². The fourth-order valence-corrected chi connectivity index (χ4v) is 4.51. The van der Waals surface area contributed by atoms with Crippen LogP contribution in [-0.4, -0.2) is 43.8 Å². The quantitative estimate of drug-likeness (QED) is 0.609. The molecule has 0 atom stereocenters. The Balaban J connectivity index is 1.22. The molecule has 3 heterocycles. The first-order chi connectivity index (χ1) is 16.0. The second-order valence-electron chi connectivity index (χ2n) is 8.14. The van der Waals surface area contributed by atoms with Crippen molar-refractivity contribution in [3.63, 3.8) is 0 Å². The van der Waals surface area contributed by atoms with E-state index in [2.05, 4.69) is 10.2 Å². The van der Waals surface area contributed by atoms with E-state index in [4.69, 9.17) is 30.2 Å². The number of carbonyl (C=O) groups excluding carboxylic acids is 1. The van der Waals surface area contributed by atoms with E-state index in [0.29, 0.717) is 11.1 Å². The zero-order valence-electron chi connectivity index (χ0n) is 18.1. The lowest BCUT2D eigenvalue weighted by Crippen LogP contribution is -2.44. The molecule has 0 aliphatic carbocycles. The minimum atomic E-state index is -0.429. The Morgan fingerprint density at radius 2 is 1.94 bits per heavy atom. The second kappa shape index (κ2) is 8.96. The standard InChI is InChI=1S/C24H23ClN2O6/c1-30-19-5-3-16-17(28)11-21(33-23(16)22(19)25)24(29)26-15-6-8-27(9-7-15)12-14-2-4-18-20(10-14)32-13-31-18/h2-5,10-11,15H,6-9,12-13H2,1H3,(H,26,29). The lowest BCUT2D eigenvalue weighted by Gasteiger charge is -2.32. The monoisotopic (exact) mass is 470 g/mol. The van der Waals surface area contributed by atoms with Gasteiger partial charge in [0, 0.05) is 31.7 Å². The fourth-order valence-electron chi connectivity index (χ4n) is 4.23. The van der Waals surface area contributed by atoms with Gasteiger partial charge in [-0.15, -0.1) is 0 Å². The third-order valence-electron chi connectivity index (χ3n) is 6.01. The van der Waals surface area contributed by atoms with Crippen molar-refractivity contribution in [3.8, 4) is 17.2 Å². The highest BCUT2D eigenvalue weighted by molar-refractivity contribution is 6.36. The van der Waals surface area contributed by atoms with Crippen molar-refractivity contribution >= 4 is 28.5 Å². The Bertz CT molecular complexity index is 1270. The number of likely N-dealkylation sites (tertiary alicyclic amines) is 1. The number of nitrogens with zero attached hydrogens (tertiary/aromatic N) is 1. The van der Waals surface area contributed by atoms with E-state index in [-0.39, 0.29) is 34.6 Å². The molecule has 0 bridgehead atoms. The van der Waals surface area contributed by atoms with Gasteiger partial charge in [-0.2, -0.15) is 0 Å². The summed E-state index contributed by atoms with van der Waals surface area (Å²) in [4.78, 5) is 27.6. The summed E-state index contributed by atoms with van der Waals surface area (Å²) in [7, 11) is 1.47. The highest BCUT2D eigenvalue weighted by Gasteiger charge is 2.24. The first kappa shape index (κ1) is 21.6. The number of hydrogen-bond acceptors (Lipinski definition) is 7. The van der Waals surface area contributed by atoms with Crippen LogP contribution in [0.4, 0.5) is 0 Å². The minimum absolute atomic E-state index is 0.00714. The normalized spacial score (nSPS) is 16.2. The van der Waals surface area contributed by atoms with Gasteiger partial charge in [0.25, 0.3) is 5.91 Å². The predicted octanol–water partition coefficient (Wildman–Crippen LogP) is 3.58. The first-order valence-corrected chi connectivity index (χ1v) is 11.1. The number of piperidine rings is 1. The average molecular weight is 471 g/mol. The predicted molar refractivity (Wildman–Crippen MR) is 122 cm³/mol. The molecule has 1 aromatic heterocycles. The van der Waals surface area contributed by atoms with Crippen molar-refractivity contribution in [1.82, 2.24) is 10.2 Å². The molecule has 1 amide bonds. The van der Waals surface area contributed by atoms with Crippen LogP contribution in [0.3, 0.4) is 0 Å². The molecule has 33 heavy (non-hydrogen) atoms. The van der Waals surface area contributed by atoms with E-state index in [1.807, 2.05) is 18.2 Å². The maximum atomic E-state index is 12.8. The molecule has 2 aliphatic heterocycles. The van der Waals surface area contributed by atoms with E-state index < -0.39 is 5.91 Å². The molecule has 0 unspecified atom stereocenters. The number of amides is 1. The molecule has 0 radical (unpaired) electrons. The Hall–Kier alpha value is -3.23. The number of hydrogen-bond donors (Lipinski definition) is 1. The van der Waals surface area contributed by atoms with Gasteiger partial charge in [-0.1, -0.05) is 17.7 Å². The largest absolute Gasteiger partial charge is 0.495 e. The summed E-state index contributed by atoms with van der Waals surface area (Å²) in [5.41, 5.74) is 0.976. The van der Waals surface area contributed by atoms with Crippen LogP contribution < -0.4 is 25.0 Å². The number of rotatable bonds is 5. The summed E-state index contributed by atoms with van der Waals surface area (Å²) in [6.45, 7) is 2.74. The number of carbonyl (C=O) groups is 1. The number of benzene rings is 2. The van der Waals surface area contributed by atoms with Crippen molar-refractivity contribution in [2.45, 2.75) is 25.4 Å². The van der Waals surface area contributed by atoms with E-state index in [1.54, 1.807) is 12.1 Å². The van der Waals surface area contributed by atoms with E-state index >= 15 is 0 Å². The summed E-state index contributed by atoms with van der Waals surface area (Å²) in [6.07, 6.45) is 1.59. The van der Waals surface area contributed by atoms with Gasteiger partial charge in [0.15, 0.2) is 28.3 Å². The van der Waals surface area contributed by atoms with Crippen LogP contribution in [0.15, 0.2) is 45.6 Å². The third-order valence-corrected chi connectivity index (χ3v) is 6.37. The highest BCUT2D eigenvalue weighted by Crippen LogP contribution is 2.33. The zero-order chi connectivity index (χ0) is 22.9. The Labute approximate surface area is 195 Å². The number of fused-ring (bicyclic) bond motifs is 2. The minimum Gasteiger partial charge on any atom is -0.495 e. The zero-order valence-corrected chi connectivity index (χ0v) is 18.8. The summed E-state index contributed by atoms with van der Waals surface area (Å²) in [5.74, 6) is 1.44. The highest BCUT2D eigenvalue weighted by atomic mass is 35.5. The molecular formula is C24H23ClN2O6. The van der Waals surface area contributed by atoms with Crippen molar-refractivity contribution < 1.29 is 23.4 Å². The van der Waals surface area contributed by atoms with Gasteiger partial charge in [0.05, 0.1) is 12.5 Å². The van der Waals surface area contributed by atoms with Crippen LogP contribution >= 0.6 is 11.6 Å². The molecule has 9 heteroatoms. The van der Waals surface area contributed by atoms with Crippen molar-refractivity contribution in [1.29, 1.82) is 0 Å². The van der Waals surface area contributed by atoms with Gasteiger partial charge in [-0.3, -0.25) is 14.5 Å². The van der Waals surface area contributed by atoms with Crippen LogP contribution in [0.5, 0.6) is 17.2 Å². The number of ether oxygens (including phenoxy) is 3. The fraction of sp³-hybridized carbons (Fsp3) is 0.333. The van der Waals surface area contributed by atoms with Crippen LogP contribution in [0, 0.1) is 0 Å². The first-order valence-electron chi connectivity index (χ1n) is 10.7. The molecule has 0 saturated carbocycles. The Morgan fingerprint density at radius 1 is 1.15 bits per heavy atom. The molecule has 172 valence electrons. The average Bonchev–Trinajstić information content (AvgIpc) is 3.29. The molecule has 2 aliphatic rings. The topological polar surface area (TPSA) is 90.2 Å². The molecule has 8 nitrogen and oxygen atoms in total. The molecular weight excluding hydrogens is 448 g/mol. The Kier molecular flexibility index (Phi) is 5.86. The third kappa shape index (κ3) is 4.36. The van der Waals surface area contributed by atoms with Gasteiger partial charge in [0.2, 0.25) is 6.79 Å². The van der Waals surface area contributed by atoms with Gasteiger partial charge in [-0.25, -0.2) is 0 Å². The summed E-state index contributed by atoms with van der Waals surface area (Å²) in [6, 6.07) is 10.4. The molecule has 0 spiro atoms. The molecule has 2 aromatic carbocycles. The van der Waals surface area contributed by atoms with Crippen LogP contribution in [0.25, 0.3) is 11.0 Å². The molecule has 1 N–H and O–H groups in total. The lowest BCUT2D eigenvalue weighted by molar-refractivity contribution is 0.0881. The van der Waals surface area contributed by atoms with Gasteiger partial charge in [-0.05, 0) is 42.7 Å². The van der Waals surface area contributed by atoms with Gasteiger partial charge in [0.1, 0.15) is 10.8 Å². The summed E-state index contributed by atoms with van der Waals surface area (Å²) >= 11 is 6.29. The van der Waals surface area contributed by atoms with Crippen LogP contribution in [0.1, 0.15) is 29.0 Å². The summed E-state index contributed by atoms with van der Waals surface area (Å²) < 4.78 is 21.7. The van der Waals surface area contributed by atoms with Crippen LogP contribution in [0.2, 0.25) is 5.02 Å². The van der Waals surface area contributed by atoms with Gasteiger partial charge < -0.3 is 23.9 Å². The molecule has 5 rings (SSSR count). The Morgan fingerprint density at radius 3 is 2.73 bits per heavy atom. The second-order valence-corrected chi connectivity index (χ2v) is 8.52. The smallest absolute Gasteiger partial charge is 0.287 e. The van der Waals surface area contributed by atoms with E-state index in [0.717, 1.165) is 49.5 Å².